The van der Waals surface area contributed by atoms with Crippen LogP contribution in [0.3, 0.4) is 0 Å². The number of nitrogens with one attached hydrogen (secondary N) is 1. The van der Waals surface area contributed by atoms with Crippen molar-refractivity contribution in [2.24, 2.45) is 0 Å². The highest BCUT2D eigenvalue weighted by Gasteiger charge is 2.28. The van der Waals surface area contributed by atoms with Gasteiger partial charge in [-0.05, 0) is 30.5 Å². The van der Waals surface area contributed by atoms with E-state index in [1.54, 1.807) is 7.11 Å². The Hall–Kier alpha value is -2.00. The van der Waals surface area contributed by atoms with Crippen LogP contribution in [0.25, 0.3) is 0 Å². The van der Waals surface area contributed by atoms with E-state index in [-0.39, 0.29) is 6.61 Å². The first kappa shape index (κ1) is 15.4. The van der Waals surface area contributed by atoms with Crippen LogP contribution in [0, 0.1) is 0 Å². The van der Waals surface area contributed by atoms with Crippen molar-refractivity contribution in [2.75, 3.05) is 19.0 Å². The first-order valence-electron chi connectivity index (χ1n) is 7.29. The Balaban J connectivity index is 2.25. The average molecular weight is 285 g/mol. The van der Waals surface area contributed by atoms with Crippen molar-refractivity contribution in [3.05, 3.63) is 60.2 Å². The SMILES string of the molecule is CCC(CO)(Cc1ccccc1)Nc1ccccc1OC. The van der Waals surface area contributed by atoms with Crippen molar-refractivity contribution in [2.45, 2.75) is 25.3 Å². The van der Waals surface area contributed by atoms with Crippen molar-refractivity contribution < 1.29 is 9.84 Å². The maximum Gasteiger partial charge on any atom is 0.141 e. The number of ether oxygens (including phenoxy) is 1. The summed E-state index contributed by atoms with van der Waals surface area (Å²) >= 11 is 0. The first-order chi connectivity index (χ1) is 10.2. The maximum atomic E-state index is 9.96. The number of anilines is 1. The molecule has 0 heterocycles. The van der Waals surface area contributed by atoms with Crippen molar-refractivity contribution in [3.63, 3.8) is 0 Å². The van der Waals surface area contributed by atoms with Crippen molar-refractivity contribution in [1.29, 1.82) is 0 Å². The van der Waals surface area contributed by atoms with Gasteiger partial charge in [-0.15, -0.1) is 0 Å². The summed E-state index contributed by atoms with van der Waals surface area (Å²) in [6.07, 6.45) is 1.58. The van der Waals surface area contributed by atoms with E-state index >= 15 is 0 Å². The van der Waals surface area contributed by atoms with Gasteiger partial charge < -0.3 is 15.2 Å². The lowest BCUT2D eigenvalue weighted by Gasteiger charge is -2.34. The van der Waals surface area contributed by atoms with Gasteiger partial charge in [-0.3, -0.25) is 0 Å². The summed E-state index contributed by atoms with van der Waals surface area (Å²) < 4.78 is 5.39. The number of hydrogen-bond donors (Lipinski definition) is 2. The van der Waals surface area contributed by atoms with Crippen LogP contribution in [-0.2, 0) is 6.42 Å². The standard InChI is InChI=1S/C18H23NO2/c1-3-18(14-20,13-15-9-5-4-6-10-15)19-16-11-7-8-12-17(16)21-2/h4-12,19-20H,3,13-14H2,1-2H3. The van der Waals surface area contributed by atoms with Crippen LogP contribution >= 0.6 is 0 Å². The highest BCUT2D eigenvalue weighted by atomic mass is 16.5. The van der Waals surface area contributed by atoms with Gasteiger partial charge in [-0.2, -0.15) is 0 Å². The van der Waals surface area contributed by atoms with E-state index in [2.05, 4.69) is 24.4 Å². The summed E-state index contributed by atoms with van der Waals surface area (Å²) in [4.78, 5) is 0. The molecule has 2 aromatic rings. The minimum absolute atomic E-state index is 0.0659. The Morgan fingerprint density at radius 3 is 2.33 bits per heavy atom. The fraction of sp³-hybridized carbons (Fsp3) is 0.333. The van der Waals surface area contributed by atoms with Crippen molar-refractivity contribution in [3.8, 4) is 5.75 Å². The number of hydrogen-bond acceptors (Lipinski definition) is 3. The molecule has 21 heavy (non-hydrogen) atoms. The van der Waals surface area contributed by atoms with Crippen molar-refractivity contribution >= 4 is 5.69 Å². The Bertz CT molecular complexity index is 550. The molecular weight excluding hydrogens is 262 g/mol. The van der Waals surface area contributed by atoms with Crippen LogP contribution in [0.4, 0.5) is 5.69 Å². The van der Waals surface area contributed by atoms with Crippen molar-refractivity contribution in [1.82, 2.24) is 0 Å². The molecule has 0 aliphatic carbocycles. The fourth-order valence-electron chi connectivity index (χ4n) is 2.48. The van der Waals surface area contributed by atoms with Crippen LogP contribution in [-0.4, -0.2) is 24.4 Å². The highest BCUT2D eigenvalue weighted by Crippen LogP contribution is 2.29. The summed E-state index contributed by atoms with van der Waals surface area (Å²) in [7, 11) is 1.66. The molecule has 0 aromatic heterocycles. The molecule has 0 saturated heterocycles. The van der Waals surface area contributed by atoms with E-state index < -0.39 is 5.54 Å². The molecule has 0 bridgehead atoms. The topological polar surface area (TPSA) is 41.5 Å². The smallest absolute Gasteiger partial charge is 0.141 e. The van der Waals surface area contributed by atoms with Gasteiger partial charge in [0.2, 0.25) is 0 Å². The molecule has 0 aliphatic heterocycles. The molecule has 3 heteroatoms. The number of para-hydroxylation sites is 2. The fourth-order valence-corrected chi connectivity index (χ4v) is 2.48. The molecule has 2 N–H and O–H groups in total. The molecule has 0 fully saturated rings. The van der Waals surface area contributed by atoms with E-state index in [1.165, 1.54) is 5.56 Å². The second-order valence-corrected chi connectivity index (χ2v) is 5.28. The number of benzene rings is 2. The first-order valence-corrected chi connectivity index (χ1v) is 7.29. The minimum atomic E-state index is -0.393. The lowest BCUT2D eigenvalue weighted by molar-refractivity contribution is 0.205. The molecule has 3 nitrogen and oxygen atoms in total. The van der Waals surface area contributed by atoms with Gasteiger partial charge in [0.1, 0.15) is 5.75 Å². The largest absolute Gasteiger partial charge is 0.495 e. The zero-order valence-electron chi connectivity index (χ0n) is 12.7. The third-order valence-corrected chi connectivity index (χ3v) is 3.87. The maximum absolute atomic E-state index is 9.96. The lowest BCUT2D eigenvalue weighted by Crippen LogP contribution is -2.43. The summed E-state index contributed by atoms with van der Waals surface area (Å²) in [6.45, 7) is 2.15. The van der Waals surface area contributed by atoms with E-state index in [9.17, 15) is 5.11 Å². The third kappa shape index (κ3) is 3.76. The normalized spacial score (nSPS) is 13.5. The van der Waals surface area contributed by atoms with Crippen LogP contribution in [0.15, 0.2) is 54.6 Å². The molecule has 0 spiro atoms. The van der Waals surface area contributed by atoms with E-state index in [4.69, 9.17) is 4.74 Å². The number of methoxy groups -OCH3 is 1. The molecule has 0 amide bonds. The van der Waals surface area contributed by atoms with Crippen LogP contribution in [0.5, 0.6) is 5.75 Å². The lowest BCUT2D eigenvalue weighted by atomic mass is 9.88. The Kier molecular flexibility index (Phi) is 5.23. The van der Waals surface area contributed by atoms with Gasteiger partial charge in [0.25, 0.3) is 0 Å². The molecule has 2 rings (SSSR count). The molecular formula is C18H23NO2. The Morgan fingerprint density at radius 1 is 1.05 bits per heavy atom. The Labute approximate surface area is 126 Å². The number of aliphatic hydroxyl groups is 1. The van der Waals surface area contributed by atoms with Gasteiger partial charge in [0.05, 0.1) is 24.9 Å². The average Bonchev–Trinajstić information content (AvgIpc) is 2.55. The third-order valence-electron chi connectivity index (χ3n) is 3.87. The monoisotopic (exact) mass is 285 g/mol. The summed E-state index contributed by atoms with van der Waals surface area (Å²) in [5.41, 5.74) is 1.72. The molecule has 112 valence electrons. The quantitative estimate of drug-likeness (QED) is 0.818. The number of aliphatic hydroxyl groups excluding tert-OH is 1. The summed E-state index contributed by atoms with van der Waals surface area (Å²) in [5.74, 6) is 0.789. The molecule has 0 saturated carbocycles. The van der Waals surface area contributed by atoms with Crippen LogP contribution in [0.2, 0.25) is 0 Å². The Morgan fingerprint density at radius 2 is 1.71 bits per heavy atom. The van der Waals surface area contributed by atoms with Crippen LogP contribution < -0.4 is 10.1 Å². The molecule has 1 atom stereocenters. The van der Waals surface area contributed by atoms with Gasteiger partial charge in [0.15, 0.2) is 0 Å². The molecule has 1 unspecified atom stereocenters. The van der Waals surface area contributed by atoms with Gasteiger partial charge in [0, 0.05) is 0 Å². The van der Waals surface area contributed by atoms with Gasteiger partial charge in [-0.1, -0.05) is 49.4 Å². The molecule has 0 aliphatic rings. The van der Waals surface area contributed by atoms with Gasteiger partial charge in [-0.25, -0.2) is 0 Å². The second kappa shape index (κ2) is 7.14. The van der Waals surface area contributed by atoms with Gasteiger partial charge >= 0.3 is 0 Å². The molecule has 2 aromatic carbocycles. The van der Waals surface area contributed by atoms with E-state index in [1.807, 2.05) is 42.5 Å². The predicted molar refractivity (Wildman–Crippen MR) is 86.9 cm³/mol. The predicted octanol–water partition coefficient (Wildman–Crippen LogP) is 3.49. The zero-order valence-corrected chi connectivity index (χ0v) is 12.7. The summed E-state index contributed by atoms with van der Waals surface area (Å²) in [6, 6.07) is 18.0. The van der Waals surface area contributed by atoms with Crippen LogP contribution in [0.1, 0.15) is 18.9 Å². The molecule has 0 radical (unpaired) electrons. The minimum Gasteiger partial charge on any atom is -0.495 e. The second-order valence-electron chi connectivity index (χ2n) is 5.28. The zero-order chi connectivity index (χ0) is 15.1. The van der Waals surface area contributed by atoms with E-state index in [0.717, 1.165) is 24.3 Å². The number of rotatable bonds is 7. The van der Waals surface area contributed by atoms with E-state index in [0.29, 0.717) is 0 Å². The highest BCUT2D eigenvalue weighted by molar-refractivity contribution is 5.58. The summed E-state index contributed by atoms with van der Waals surface area (Å²) in [5, 5.41) is 13.4.